The monoisotopic (exact) mass is 404 g/mol. The number of carbonyl (C=O) groups excluding carboxylic acids is 1. The fraction of sp³-hybridized carbons (Fsp3) is 0.250. The SMILES string of the molecule is CC(=O)N[C@@H](Cc1ccc(O)cc1)C(=O)O.N[C@@H](Cc1ccc(O)cc1)C(=O)O. The van der Waals surface area contributed by atoms with Crippen LogP contribution >= 0.6 is 0 Å². The lowest BCUT2D eigenvalue weighted by Crippen LogP contribution is -2.41. The molecule has 156 valence electrons. The van der Waals surface area contributed by atoms with Crippen molar-refractivity contribution in [2.45, 2.75) is 31.8 Å². The maximum Gasteiger partial charge on any atom is 0.326 e. The van der Waals surface area contributed by atoms with Crippen molar-refractivity contribution in [1.82, 2.24) is 5.32 Å². The number of aromatic hydroxyl groups is 2. The molecule has 0 saturated heterocycles. The molecule has 0 radical (unpaired) electrons. The zero-order chi connectivity index (χ0) is 22.0. The Labute approximate surface area is 167 Å². The second-order valence-corrected chi connectivity index (χ2v) is 6.28. The van der Waals surface area contributed by atoms with Gasteiger partial charge in [-0.1, -0.05) is 24.3 Å². The van der Waals surface area contributed by atoms with Crippen LogP contribution in [-0.4, -0.2) is 50.4 Å². The first kappa shape index (κ1) is 23.4. The van der Waals surface area contributed by atoms with Crippen LogP contribution in [-0.2, 0) is 27.2 Å². The Hall–Kier alpha value is -3.59. The highest BCUT2D eigenvalue weighted by Gasteiger charge is 2.18. The number of nitrogens with two attached hydrogens (primary N) is 1. The molecule has 0 fully saturated rings. The van der Waals surface area contributed by atoms with Crippen molar-refractivity contribution in [1.29, 1.82) is 0 Å². The molecule has 0 aliphatic rings. The molecule has 0 aliphatic carbocycles. The number of phenols is 2. The van der Waals surface area contributed by atoms with Gasteiger partial charge in [-0.05, 0) is 41.8 Å². The molecule has 2 rings (SSSR count). The van der Waals surface area contributed by atoms with Crippen molar-refractivity contribution in [3.05, 3.63) is 59.7 Å². The van der Waals surface area contributed by atoms with Crippen LogP contribution in [0.15, 0.2) is 48.5 Å². The van der Waals surface area contributed by atoms with Crippen molar-refractivity contribution < 1.29 is 34.8 Å². The van der Waals surface area contributed by atoms with E-state index in [1.165, 1.54) is 31.2 Å². The van der Waals surface area contributed by atoms with E-state index in [1.807, 2.05) is 0 Å². The van der Waals surface area contributed by atoms with E-state index in [2.05, 4.69) is 5.32 Å². The molecule has 2 aromatic rings. The number of carboxylic acid groups (broad SMARTS) is 2. The Kier molecular flexibility index (Phi) is 9.14. The lowest BCUT2D eigenvalue weighted by Gasteiger charge is -2.13. The van der Waals surface area contributed by atoms with Crippen LogP contribution in [0, 0.1) is 0 Å². The fourth-order valence-corrected chi connectivity index (χ4v) is 2.29. The fourth-order valence-electron chi connectivity index (χ4n) is 2.29. The third kappa shape index (κ3) is 9.25. The molecule has 0 aliphatic heterocycles. The van der Waals surface area contributed by atoms with Gasteiger partial charge in [0, 0.05) is 13.3 Å². The summed E-state index contributed by atoms with van der Waals surface area (Å²) in [5.74, 6) is -2.20. The molecule has 0 saturated carbocycles. The first-order valence-corrected chi connectivity index (χ1v) is 8.62. The Morgan fingerprint density at radius 2 is 1.24 bits per heavy atom. The highest BCUT2D eigenvalue weighted by molar-refractivity contribution is 5.82. The number of hydrogen-bond acceptors (Lipinski definition) is 6. The summed E-state index contributed by atoms with van der Waals surface area (Å²) >= 11 is 0. The third-order valence-corrected chi connectivity index (χ3v) is 3.76. The van der Waals surface area contributed by atoms with Crippen molar-refractivity contribution in [2.24, 2.45) is 5.73 Å². The number of nitrogens with one attached hydrogen (secondary N) is 1. The molecule has 0 spiro atoms. The van der Waals surface area contributed by atoms with Crippen LogP contribution in [0.2, 0.25) is 0 Å². The number of aliphatic carboxylic acids is 2. The zero-order valence-electron chi connectivity index (χ0n) is 15.8. The lowest BCUT2D eigenvalue weighted by atomic mass is 10.1. The minimum absolute atomic E-state index is 0.121. The molecule has 9 heteroatoms. The molecule has 9 nitrogen and oxygen atoms in total. The molecule has 2 atom stereocenters. The van der Waals surface area contributed by atoms with Crippen molar-refractivity contribution in [2.75, 3.05) is 0 Å². The van der Waals surface area contributed by atoms with Crippen molar-refractivity contribution in [3.8, 4) is 11.5 Å². The Morgan fingerprint density at radius 1 is 0.828 bits per heavy atom. The van der Waals surface area contributed by atoms with Crippen LogP contribution in [0.5, 0.6) is 11.5 Å². The van der Waals surface area contributed by atoms with Gasteiger partial charge in [0.15, 0.2) is 0 Å². The Balaban J connectivity index is 0.000000296. The van der Waals surface area contributed by atoms with E-state index in [0.717, 1.165) is 11.1 Å². The largest absolute Gasteiger partial charge is 0.508 e. The highest BCUT2D eigenvalue weighted by Crippen LogP contribution is 2.12. The molecule has 7 N–H and O–H groups in total. The third-order valence-electron chi connectivity index (χ3n) is 3.76. The van der Waals surface area contributed by atoms with Gasteiger partial charge in [0.05, 0.1) is 0 Å². The van der Waals surface area contributed by atoms with Crippen LogP contribution in [0.3, 0.4) is 0 Å². The first-order chi connectivity index (χ1) is 13.6. The Bertz CT molecular complexity index is 820. The number of carbonyl (C=O) groups is 3. The van der Waals surface area contributed by atoms with Crippen LogP contribution in [0.25, 0.3) is 0 Å². The minimum atomic E-state index is -1.08. The van der Waals surface area contributed by atoms with Crippen molar-refractivity contribution >= 4 is 17.8 Å². The summed E-state index contributed by atoms with van der Waals surface area (Å²) < 4.78 is 0. The molecule has 0 aromatic heterocycles. The lowest BCUT2D eigenvalue weighted by molar-refractivity contribution is -0.141. The second kappa shape index (κ2) is 11.3. The number of hydrogen-bond donors (Lipinski definition) is 6. The summed E-state index contributed by atoms with van der Waals surface area (Å²) in [7, 11) is 0. The molecule has 1 amide bonds. The molecule has 29 heavy (non-hydrogen) atoms. The summed E-state index contributed by atoms with van der Waals surface area (Å²) in [6.07, 6.45) is 0.463. The number of benzene rings is 2. The van der Waals surface area contributed by atoms with E-state index in [9.17, 15) is 14.4 Å². The molecule has 0 heterocycles. The van der Waals surface area contributed by atoms with Gasteiger partial charge in [-0.25, -0.2) is 4.79 Å². The van der Waals surface area contributed by atoms with Gasteiger partial charge in [0.1, 0.15) is 23.6 Å². The molecule has 0 unspecified atom stereocenters. The van der Waals surface area contributed by atoms with Gasteiger partial charge in [-0.15, -0.1) is 0 Å². The smallest absolute Gasteiger partial charge is 0.326 e. The molecule has 2 aromatic carbocycles. The molecular weight excluding hydrogens is 380 g/mol. The average molecular weight is 404 g/mol. The number of amides is 1. The number of carboxylic acids is 2. The quantitative estimate of drug-likeness (QED) is 0.395. The molecular formula is C20H24N2O7. The summed E-state index contributed by atoms with van der Waals surface area (Å²) in [4.78, 5) is 32.0. The maximum absolute atomic E-state index is 10.8. The first-order valence-electron chi connectivity index (χ1n) is 8.62. The van der Waals surface area contributed by atoms with Gasteiger partial charge in [0.2, 0.25) is 5.91 Å². The normalized spacial score (nSPS) is 12.1. The average Bonchev–Trinajstić information content (AvgIpc) is 2.65. The van der Waals surface area contributed by atoms with Crippen LogP contribution in [0.4, 0.5) is 0 Å². The standard InChI is InChI=1S/C11H13NO4.C9H11NO3/c1-7(13)12-10(11(15)16)6-8-2-4-9(14)5-3-8;10-8(9(12)13)5-6-1-3-7(11)4-2-6/h2-5,10,14H,6H2,1H3,(H,12,13)(H,15,16);1-4,8,11H,5,10H2,(H,12,13)/t10-;8-/m00/s1. The maximum atomic E-state index is 10.8. The second-order valence-electron chi connectivity index (χ2n) is 6.28. The van der Waals surface area contributed by atoms with E-state index >= 15 is 0 Å². The topological polar surface area (TPSA) is 170 Å². The van der Waals surface area contributed by atoms with Crippen molar-refractivity contribution in [3.63, 3.8) is 0 Å². The summed E-state index contributed by atoms with van der Waals surface area (Å²) in [5.41, 5.74) is 6.86. The zero-order valence-corrected chi connectivity index (χ0v) is 15.8. The van der Waals surface area contributed by atoms with Gasteiger partial charge in [-0.2, -0.15) is 0 Å². The summed E-state index contributed by atoms with van der Waals surface area (Å²) in [6.45, 7) is 1.27. The van der Waals surface area contributed by atoms with E-state index in [4.69, 9.17) is 26.2 Å². The van der Waals surface area contributed by atoms with Gasteiger partial charge in [-0.3, -0.25) is 9.59 Å². The highest BCUT2D eigenvalue weighted by atomic mass is 16.4. The van der Waals surface area contributed by atoms with Gasteiger partial charge < -0.3 is 31.5 Å². The van der Waals surface area contributed by atoms with E-state index in [0.29, 0.717) is 0 Å². The molecule has 0 bridgehead atoms. The van der Waals surface area contributed by atoms with Crippen LogP contribution in [0.1, 0.15) is 18.1 Å². The Morgan fingerprint density at radius 3 is 1.59 bits per heavy atom. The van der Waals surface area contributed by atoms with Crippen LogP contribution < -0.4 is 11.1 Å². The van der Waals surface area contributed by atoms with E-state index in [-0.39, 0.29) is 30.2 Å². The number of rotatable bonds is 7. The van der Waals surface area contributed by atoms with Gasteiger partial charge >= 0.3 is 11.9 Å². The number of phenolic OH excluding ortho intramolecular Hbond substituents is 2. The van der Waals surface area contributed by atoms with E-state index in [1.54, 1.807) is 24.3 Å². The predicted molar refractivity (Wildman–Crippen MR) is 104 cm³/mol. The van der Waals surface area contributed by atoms with E-state index < -0.39 is 24.0 Å². The summed E-state index contributed by atoms with van der Waals surface area (Å²) in [6, 6.07) is 10.7. The predicted octanol–water partition coefficient (Wildman–Crippen LogP) is 0.871. The van der Waals surface area contributed by atoms with Gasteiger partial charge in [0.25, 0.3) is 0 Å². The summed E-state index contributed by atoms with van der Waals surface area (Å²) in [5, 5.41) is 37.8. The minimum Gasteiger partial charge on any atom is -0.508 e.